The van der Waals surface area contributed by atoms with E-state index in [1.807, 2.05) is 0 Å². The minimum atomic E-state index is -4.13. The summed E-state index contributed by atoms with van der Waals surface area (Å²) in [5.74, 6) is 0.882. The van der Waals surface area contributed by atoms with Crippen molar-refractivity contribution in [1.82, 2.24) is 9.80 Å². The van der Waals surface area contributed by atoms with Gasteiger partial charge >= 0.3 is 6.18 Å². The first kappa shape index (κ1) is 23.7. The number of methoxy groups -OCH3 is 1. The second-order valence-corrected chi connectivity index (χ2v) is 7.86. The Labute approximate surface area is 173 Å². The maximum atomic E-state index is 12.6. The third kappa shape index (κ3) is 7.03. The summed E-state index contributed by atoms with van der Waals surface area (Å²) in [5, 5.41) is 0. The first-order valence-electron chi connectivity index (χ1n) is 10.7. The lowest BCUT2D eigenvalue weighted by Gasteiger charge is -2.35. The molecule has 0 unspecified atom stereocenters. The van der Waals surface area contributed by atoms with Crippen molar-refractivity contribution in [3.63, 3.8) is 0 Å². The lowest BCUT2D eigenvalue weighted by molar-refractivity contribution is -0.149. The van der Waals surface area contributed by atoms with Crippen molar-refractivity contribution >= 4 is 6.08 Å². The molecule has 1 aromatic carbocycles. The van der Waals surface area contributed by atoms with E-state index in [9.17, 15) is 13.2 Å². The van der Waals surface area contributed by atoms with Crippen LogP contribution in [0.2, 0.25) is 0 Å². The van der Waals surface area contributed by atoms with Gasteiger partial charge < -0.3 is 4.74 Å². The molecule has 0 amide bonds. The van der Waals surface area contributed by atoms with Crippen molar-refractivity contribution in [3.05, 3.63) is 34.4 Å². The number of alkyl halides is 3. The second-order valence-electron chi connectivity index (χ2n) is 7.86. The molecule has 1 fully saturated rings. The van der Waals surface area contributed by atoms with Crippen LogP contribution in [0.4, 0.5) is 13.2 Å². The maximum Gasteiger partial charge on any atom is 0.401 e. The molecule has 1 aliphatic rings. The molecule has 0 spiro atoms. The van der Waals surface area contributed by atoms with E-state index < -0.39 is 12.7 Å². The van der Waals surface area contributed by atoms with Gasteiger partial charge in [0.05, 0.1) is 13.7 Å². The Bertz CT molecular complexity index is 678. The number of nitrogens with zero attached hydrogens (tertiary/aromatic N) is 2. The van der Waals surface area contributed by atoms with E-state index in [0.717, 1.165) is 37.0 Å². The summed E-state index contributed by atoms with van der Waals surface area (Å²) in [5.41, 5.74) is 4.94. The van der Waals surface area contributed by atoms with Crippen molar-refractivity contribution in [2.24, 2.45) is 0 Å². The predicted molar refractivity (Wildman–Crippen MR) is 113 cm³/mol. The van der Waals surface area contributed by atoms with Crippen LogP contribution in [-0.2, 0) is 13.0 Å². The summed E-state index contributed by atoms with van der Waals surface area (Å²) < 4.78 is 43.7. The third-order valence-electron chi connectivity index (χ3n) is 5.54. The Morgan fingerprint density at radius 1 is 1.07 bits per heavy atom. The van der Waals surface area contributed by atoms with Crippen LogP contribution in [0.25, 0.3) is 6.08 Å². The van der Waals surface area contributed by atoms with Crippen LogP contribution < -0.4 is 4.74 Å². The first-order chi connectivity index (χ1) is 13.8. The molecule has 0 bridgehead atoms. The van der Waals surface area contributed by atoms with Gasteiger partial charge in [0.15, 0.2) is 0 Å². The molecule has 0 N–H and O–H groups in total. The average molecular weight is 413 g/mol. The van der Waals surface area contributed by atoms with E-state index in [0.29, 0.717) is 32.7 Å². The lowest BCUT2D eigenvalue weighted by Crippen LogP contribution is -2.48. The van der Waals surface area contributed by atoms with Crippen molar-refractivity contribution < 1.29 is 17.9 Å². The van der Waals surface area contributed by atoms with Gasteiger partial charge in [0.1, 0.15) is 5.75 Å². The van der Waals surface area contributed by atoms with Crippen LogP contribution >= 0.6 is 0 Å². The Morgan fingerprint density at radius 2 is 1.72 bits per heavy atom. The number of hydrogen-bond donors (Lipinski definition) is 0. The van der Waals surface area contributed by atoms with Crippen LogP contribution in [0.1, 0.15) is 55.4 Å². The molecule has 164 valence electrons. The largest absolute Gasteiger partial charge is 0.496 e. The standard InChI is InChI=1S/C23H35F3N2O/c1-5-7-8-10-20-18(3)19(9-6-2)15-22(29-4)21(20)16-27-11-13-28(14-12-27)17-23(24,25)26/h8,10,15H,5-7,9,11-14,16-17H2,1-4H3/b10-8-. The summed E-state index contributed by atoms with van der Waals surface area (Å²) >= 11 is 0. The number of allylic oxidation sites excluding steroid dienone is 1. The molecule has 1 aliphatic heterocycles. The number of aryl methyl sites for hydroxylation is 1. The van der Waals surface area contributed by atoms with E-state index in [1.165, 1.54) is 21.6 Å². The molecule has 3 nitrogen and oxygen atoms in total. The van der Waals surface area contributed by atoms with E-state index in [2.05, 4.69) is 43.9 Å². The number of halogens is 3. The maximum absolute atomic E-state index is 12.6. The molecular weight excluding hydrogens is 377 g/mol. The van der Waals surface area contributed by atoms with E-state index in [1.54, 1.807) is 7.11 Å². The van der Waals surface area contributed by atoms with Crippen molar-refractivity contribution in [3.8, 4) is 5.75 Å². The molecule has 1 heterocycles. The molecular formula is C23H35F3N2O. The smallest absolute Gasteiger partial charge is 0.401 e. The molecule has 6 heteroatoms. The summed E-state index contributed by atoms with van der Waals surface area (Å²) in [4.78, 5) is 3.73. The molecule has 29 heavy (non-hydrogen) atoms. The lowest BCUT2D eigenvalue weighted by atomic mass is 9.92. The zero-order chi connectivity index (χ0) is 21.4. The highest BCUT2D eigenvalue weighted by Gasteiger charge is 2.32. The Hall–Kier alpha value is -1.53. The fraction of sp³-hybridized carbons (Fsp3) is 0.652. The molecule has 0 radical (unpaired) electrons. The Balaban J connectivity index is 2.23. The SMILES string of the molecule is CCC/C=C\c1c(C)c(CCC)cc(OC)c1CN1CCN(CC(F)(F)F)CC1. The first-order valence-corrected chi connectivity index (χ1v) is 10.7. The Kier molecular flexibility index (Phi) is 9.03. The third-order valence-corrected chi connectivity index (χ3v) is 5.54. The van der Waals surface area contributed by atoms with Gasteiger partial charge in [-0.25, -0.2) is 0 Å². The zero-order valence-corrected chi connectivity index (χ0v) is 18.2. The van der Waals surface area contributed by atoms with Crippen LogP contribution in [0, 0.1) is 6.92 Å². The summed E-state index contributed by atoms with van der Waals surface area (Å²) in [7, 11) is 1.70. The fourth-order valence-electron chi connectivity index (χ4n) is 3.94. The Morgan fingerprint density at radius 3 is 2.28 bits per heavy atom. The van der Waals surface area contributed by atoms with Gasteiger partial charge in [0.25, 0.3) is 0 Å². The molecule has 0 aliphatic carbocycles. The van der Waals surface area contributed by atoms with E-state index >= 15 is 0 Å². The van der Waals surface area contributed by atoms with Crippen LogP contribution in [0.5, 0.6) is 5.75 Å². The highest BCUT2D eigenvalue weighted by Crippen LogP contribution is 2.32. The highest BCUT2D eigenvalue weighted by molar-refractivity contribution is 5.64. The topological polar surface area (TPSA) is 15.7 Å². The summed E-state index contributed by atoms with van der Waals surface area (Å²) in [6.45, 7) is 8.52. The number of rotatable bonds is 9. The normalized spacial score (nSPS) is 16.7. The van der Waals surface area contributed by atoms with Gasteiger partial charge in [-0.3, -0.25) is 9.80 Å². The van der Waals surface area contributed by atoms with Crippen molar-refractivity contribution in [2.75, 3.05) is 39.8 Å². The van der Waals surface area contributed by atoms with E-state index in [-0.39, 0.29) is 0 Å². The summed E-state index contributed by atoms with van der Waals surface area (Å²) in [6.07, 6.45) is 4.48. The monoisotopic (exact) mass is 412 g/mol. The van der Waals surface area contributed by atoms with E-state index in [4.69, 9.17) is 4.74 Å². The van der Waals surface area contributed by atoms with Gasteiger partial charge in [-0.15, -0.1) is 0 Å². The van der Waals surface area contributed by atoms with Crippen LogP contribution in [-0.4, -0.2) is 55.8 Å². The average Bonchev–Trinajstić information content (AvgIpc) is 2.66. The highest BCUT2D eigenvalue weighted by atomic mass is 19.4. The van der Waals surface area contributed by atoms with Crippen LogP contribution in [0.3, 0.4) is 0 Å². The number of ether oxygens (including phenoxy) is 1. The van der Waals surface area contributed by atoms with Crippen molar-refractivity contribution in [1.29, 1.82) is 0 Å². The molecule has 0 aromatic heterocycles. The van der Waals surface area contributed by atoms with Gasteiger partial charge in [-0.2, -0.15) is 13.2 Å². The predicted octanol–water partition coefficient (Wildman–Crippen LogP) is 5.45. The van der Waals surface area contributed by atoms with Gasteiger partial charge in [0.2, 0.25) is 0 Å². The molecule has 1 aromatic rings. The fourth-order valence-corrected chi connectivity index (χ4v) is 3.94. The van der Waals surface area contributed by atoms with Gasteiger partial charge in [-0.05, 0) is 42.5 Å². The number of benzene rings is 1. The molecule has 0 saturated carbocycles. The number of hydrogen-bond acceptors (Lipinski definition) is 3. The number of piperazine rings is 1. The number of unbranched alkanes of at least 4 members (excludes halogenated alkanes) is 1. The van der Waals surface area contributed by atoms with Crippen LogP contribution in [0.15, 0.2) is 12.1 Å². The quantitative estimate of drug-likeness (QED) is 0.536. The second kappa shape index (κ2) is 11.0. The minimum Gasteiger partial charge on any atom is -0.496 e. The van der Waals surface area contributed by atoms with Gasteiger partial charge in [-0.1, -0.05) is 38.8 Å². The molecule has 2 rings (SSSR count). The van der Waals surface area contributed by atoms with Crippen molar-refractivity contribution in [2.45, 2.75) is 59.2 Å². The molecule has 0 atom stereocenters. The minimum absolute atomic E-state index is 0.440. The molecule has 1 saturated heterocycles. The summed E-state index contributed by atoms with van der Waals surface area (Å²) in [6, 6.07) is 2.14. The van der Waals surface area contributed by atoms with Gasteiger partial charge in [0, 0.05) is 38.3 Å². The zero-order valence-electron chi connectivity index (χ0n) is 18.2.